The molecule has 0 bridgehead atoms. The van der Waals surface area contributed by atoms with Gasteiger partial charge in [-0.05, 0) is 25.7 Å². The van der Waals surface area contributed by atoms with Crippen LogP contribution in [0.15, 0.2) is 12.7 Å². The first kappa shape index (κ1) is 19.3. The van der Waals surface area contributed by atoms with Crippen molar-refractivity contribution in [3.63, 3.8) is 0 Å². The van der Waals surface area contributed by atoms with Crippen LogP contribution in [0.4, 0.5) is 0 Å². The molecule has 0 aromatic rings. The maximum atomic E-state index is 3.75. The van der Waals surface area contributed by atoms with E-state index < -0.39 is 0 Å². The van der Waals surface area contributed by atoms with Crippen molar-refractivity contribution in [3.8, 4) is 11.8 Å². The van der Waals surface area contributed by atoms with Gasteiger partial charge < -0.3 is 0 Å². The first-order chi connectivity index (χ1) is 9.91. The van der Waals surface area contributed by atoms with Gasteiger partial charge in [-0.2, -0.15) is 0 Å². The molecule has 0 rings (SSSR count). The fraction of sp³-hybridized carbons (Fsp3) is 0.800. The molecule has 116 valence electrons. The van der Waals surface area contributed by atoms with Crippen molar-refractivity contribution in [1.29, 1.82) is 0 Å². The van der Waals surface area contributed by atoms with Crippen LogP contribution in [0.2, 0.25) is 0 Å². The number of allylic oxidation sites excluding steroid dienone is 1. The van der Waals surface area contributed by atoms with Gasteiger partial charge in [-0.15, -0.1) is 18.4 Å². The lowest BCUT2D eigenvalue weighted by atomic mass is 10.1. The molecule has 0 unspecified atom stereocenters. The Kier molecular flexibility index (Phi) is 17.7. The Balaban J connectivity index is 3.07. The van der Waals surface area contributed by atoms with Crippen molar-refractivity contribution in [3.05, 3.63) is 12.7 Å². The van der Waals surface area contributed by atoms with Crippen LogP contribution in [0.1, 0.15) is 103 Å². The van der Waals surface area contributed by atoms with E-state index in [2.05, 4.69) is 25.3 Å². The summed E-state index contributed by atoms with van der Waals surface area (Å²) in [6.07, 6.45) is 21.8. The van der Waals surface area contributed by atoms with Gasteiger partial charge >= 0.3 is 0 Å². The fourth-order valence-electron chi connectivity index (χ4n) is 2.38. The first-order valence-electron chi connectivity index (χ1n) is 8.98. The van der Waals surface area contributed by atoms with Crippen molar-refractivity contribution in [2.75, 3.05) is 0 Å². The lowest BCUT2D eigenvalue weighted by Gasteiger charge is -1.98. The zero-order chi connectivity index (χ0) is 14.7. The van der Waals surface area contributed by atoms with Gasteiger partial charge in [0.25, 0.3) is 0 Å². The molecule has 0 aliphatic rings. The number of unbranched alkanes of at least 4 members (excludes halogenated alkanes) is 13. The molecule has 0 saturated carbocycles. The molecular formula is C20H36. The molecule has 0 heteroatoms. The highest BCUT2D eigenvalue weighted by atomic mass is 14.0. The van der Waals surface area contributed by atoms with Crippen LogP contribution >= 0.6 is 0 Å². The summed E-state index contributed by atoms with van der Waals surface area (Å²) in [6.45, 7) is 6.02. The highest BCUT2D eigenvalue weighted by molar-refractivity contribution is 4.98. The zero-order valence-corrected chi connectivity index (χ0v) is 13.9. The van der Waals surface area contributed by atoms with Gasteiger partial charge in [0.05, 0.1) is 0 Å². The van der Waals surface area contributed by atoms with Crippen LogP contribution in [-0.4, -0.2) is 0 Å². The normalized spacial score (nSPS) is 10.1. The molecule has 0 aliphatic heterocycles. The second kappa shape index (κ2) is 18.3. The third-order valence-electron chi connectivity index (χ3n) is 3.74. The monoisotopic (exact) mass is 276 g/mol. The number of hydrogen-bond donors (Lipinski definition) is 0. The van der Waals surface area contributed by atoms with Crippen molar-refractivity contribution in [1.82, 2.24) is 0 Å². The van der Waals surface area contributed by atoms with Crippen LogP contribution in [-0.2, 0) is 0 Å². The van der Waals surface area contributed by atoms with E-state index >= 15 is 0 Å². The third kappa shape index (κ3) is 17.3. The molecule has 0 saturated heterocycles. The van der Waals surface area contributed by atoms with Crippen LogP contribution in [0.3, 0.4) is 0 Å². The zero-order valence-electron chi connectivity index (χ0n) is 13.9. The van der Waals surface area contributed by atoms with Gasteiger partial charge in [0.15, 0.2) is 0 Å². The lowest BCUT2D eigenvalue weighted by molar-refractivity contribution is 0.602. The molecule has 0 spiro atoms. The van der Waals surface area contributed by atoms with E-state index in [1.165, 1.54) is 83.5 Å². The number of rotatable bonds is 14. The highest BCUT2D eigenvalue weighted by Gasteiger charge is 1.90. The SMILES string of the molecule is C=CCCCCCCCCC#CCCCCCCCC. The fourth-order valence-corrected chi connectivity index (χ4v) is 2.38. The topological polar surface area (TPSA) is 0 Å². The van der Waals surface area contributed by atoms with Gasteiger partial charge in [0.2, 0.25) is 0 Å². The van der Waals surface area contributed by atoms with Crippen LogP contribution < -0.4 is 0 Å². The molecule has 0 aromatic carbocycles. The molecule has 20 heavy (non-hydrogen) atoms. The third-order valence-corrected chi connectivity index (χ3v) is 3.74. The minimum Gasteiger partial charge on any atom is -0.103 e. The van der Waals surface area contributed by atoms with Crippen molar-refractivity contribution in [2.45, 2.75) is 103 Å². The van der Waals surface area contributed by atoms with Crippen LogP contribution in [0, 0.1) is 11.8 Å². The van der Waals surface area contributed by atoms with Crippen molar-refractivity contribution < 1.29 is 0 Å². The highest BCUT2D eigenvalue weighted by Crippen LogP contribution is 2.09. The van der Waals surface area contributed by atoms with E-state index in [9.17, 15) is 0 Å². The van der Waals surface area contributed by atoms with Crippen molar-refractivity contribution in [2.24, 2.45) is 0 Å². The van der Waals surface area contributed by atoms with Gasteiger partial charge in [-0.25, -0.2) is 0 Å². The summed E-state index contributed by atoms with van der Waals surface area (Å²) in [5.41, 5.74) is 0. The van der Waals surface area contributed by atoms with E-state index in [0.29, 0.717) is 0 Å². The maximum Gasteiger partial charge on any atom is 0.00886 e. The van der Waals surface area contributed by atoms with E-state index in [1.807, 2.05) is 6.08 Å². The quantitative estimate of drug-likeness (QED) is 0.181. The average molecular weight is 277 g/mol. The Bertz CT molecular complexity index is 240. The molecule has 0 N–H and O–H groups in total. The van der Waals surface area contributed by atoms with Gasteiger partial charge in [0, 0.05) is 12.8 Å². The van der Waals surface area contributed by atoms with E-state index in [4.69, 9.17) is 0 Å². The molecular weight excluding hydrogens is 240 g/mol. The van der Waals surface area contributed by atoms with E-state index in [-0.39, 0.29) is 0 Å². The van der Waals surface area contributed by atoms with Crippen molar-refractivity contribution >= 4 is 0 Å². The largest absolute Gasteiger partial charge is 0.103 e. The molecule has 0 atom stereocenters. The van der Waals surface area contributed by atoms with E-state index in [0.717, 1.165) is 12.8 Å². The molecule has 0 radical (unpaired) electrons. The van der Waals surface area contributed by atoms with Crippen LogP contribution in [0.5, 0.6) is 0 Å². The molecule has 0 aliphatic carbocycles. The molecule has 0 fully saturated rings. The predicted octanol–water partition coefficient (Wildman–Crippen LogP) is 7.05. The van der Waals surface area contributed by atoms with Gasteiger partial charge in [0.1, 0.15) is 0 Å². The second-order valence-electron chi connectivity index (χ2n) is 5.82. The number of hydrogen-bond acceptors (Lipinski definition) is 0. The van der Waals surface area contributed by atoms with Gasteiger partial charge in [-0.3, -0.25) is 0 Å². The maximum absolute atomic E-state index is 3.75. The smallest absolute Gasteiger partial charge is 0.00886 e. The lowest BCUT2D eigenvalue weighted by Crippen LogP contribution is -1.80. The summed E-state index contributed by atoms with van der Waals surface area (Å²) in [6, 6.07) is 0. The average Bonchev–Trinajstić information content (AvgIpc) is 2.47. The summed E-state index contributed by atoms with van der Waals surface area (Å²) in [5.74, 6) is 6.67. The Morgan fingerprint density at radius 1 is 0.650 bits per heavy atom. The minimum atomic E-state index is 1.11. The predicted molar refractivity (Wildman–Crippen MR) is 92.9 cm³/mol. The standard InChI is InChI=1S/C20H36/c1-3-5-7-9-11-13-15-17-19-20-18-16-14-12-10-8-6-4-2/h3H,1,4-17,19H2,2H3. The summed E-state index contributed by atoms with van der Waals surface area (Å²) in [5, 5.41) is 0. The summed E-state index contributed by atoms with van der Waals surface area (Å²) in [4.78, 5) is 0. The molecule has 0 aromatic heterocycles. The van der Waals surface area contributed by atoms with Crippen LogP contribution in [0.25, 0.3) is 0 Å². The molecule has 0 amide bonds. The van der Waals surface area contributed by atoms with E-state index in [1.54, 1.807) is 0 Å². The Labute approximate surface area is 128 Å². The molecule has 0 heterocycles. The van der Waals surface area contributed by atoms with Gasteiger partial charge in [-0.1, -0.05) is 70.8 Å². The molecule has 0 nitrogen and oxygen atoms in total. The summed E-state index contributed by atoms with van der Waals surface area (Å²) >= 11 is 0. The second-order valence-corrected chi connectivity index (χ2v) is 5.82. The minimum absolute atomic E-state index is 1.11. The Morgan fingerprint density at radius 3 is 1.60 bits per heavy atom. The Hall–Kier alpha value is -0.700. The summed E-state index contributed by atoms with van der Waals surface area (Å²) in [7, 11) is 0. The first-order valence-corrected chi connectivity index (χ1v) is 8.98. The Morgan fingerprint density at radius 2 is 1.10 bits per heavy atom. The summed E-state index contributed by atoms with van der Waals surface area (Å²) < 4.78 is 0.